The van der Waals surface area contributed by atoms with Gasteiger partial charge in [-0.2, -0.15) is 0 Å². The summed E-state index contributed by atoms with van der Waals surface area (Å²) in [5.74, 6) is -0.941. The number of carbonyl (C=O) groups is 1. The zero-order valence-electron chi connectivity index (χ0n) is 13.7. The Kier molecular flexibility index (Phi) is 4.34. The van der Waals surface area contributed by atoms with Crippen molar-refractivity contribution in [3.05, 3.63) is 83.4 Å². The normalized spacial score (nSPS) is 10.4. The third kappa shape index (κ3) is 3.46. The molecule has 0 saturated carbocycles. The maximum absolute atomic E-state index is 11.3. The van der Waals surface area contributed by atoms with E-state index < -0.39 is 5.97 Å². The van der Waals surface area contributed by atoms with Gasteiger partial charge >= 0.3 is 5.97 Å². The zero-order chi connectivity index (χ0) is 17.1. The summed E-state index contributed by atoms with van der Waals surface area (Å²) in [6.07, 6.45) is 0. The highest BCUT2D eigenvalue weighted by molar-refractivity contribution is 5.95. The molecule has 0 heterocycles. The van der Waals surface area contributed by atoms with Crippen LogP contribution < -0.4 is 5.32 Å². The van der Waals surface area contributed by atoms with E-state index in [4.69, 9.17) is 0 Å². The molecule has 120 valence electrons. The van der Waals surface area contributed by atoms with E-state index in [2.05, 4.69) is 43.4 Å². The molecular weight excluding hydrogens is 298 g/mol. The number of para-hydroxylation sites is 1. The van der Waals surface area contributed by atoms with E-state index in [0.717, 1.165) is 16.8 Å². The van der Waals surface area contributed by atoms with Crippen LogP contribution in [0.3, 0.4) is 0 Å². The van der Waals surface area contributed by atoms with Crippen LogP contribution in [0, 0.1) is 13.8 Å². The van der Waals surface area contributed by atoms with Gasteiger partial charge in [0.15, 0.2) is 0 Å². The van der Waals surface area contributed by atoms with Crippen LogP contribution in [0.15, 0.2) is 66.7 Å². The first-order valence-corrected chi connectivity index (χ1v) is 7.81. The first-order valence-electron chi connectivity index (χ1n) is 7.81. The van der Waals surface area contributed by atoms with Gasteiger partial charge in [-0.05, 0) is 49.2 Å². The molecule has 0 atom stereocenters. The van der Waals surface area contributed by atoms with Crippen molar-refractivity contribution in [3.8, 4) is 11.1 Å². The number of benzene rings is 3. The molecule has 0 aromatic heterocycles. The standard InChI is InChI=1S/C21H19NO2/c1-14-10-15(2)12-17(11-14)16-6-5-7-18(13-16)22-20-9-4-3-8-19(20)21(23)24/h3-13,22H,1-2H3,(H,23,24). The summed E-state index contributed by atoms with van der Waals surface area (Å²) < 4.78 is 0. The van der Waals surface area contributed by atoms with Gasteiger partial charge < -0.3 is 10.4 Å². The Balaban J connectivity index is 1.96. The van der Waals surface area contributed by atoms with Crippen LogP contribution in [0.1, 0.15) is 21.5 Å². The predicted octanol–water partition coefficient (Wildman–Crippen LogP) is 5.41. The summed E-state index contributed by atoms with van der Waals surface area (Å²) in [5, 5.41) is 12.5. The number of carboxylic acid groups (broad SMARTS) is 1. The molecule has 2 N–H and O–H groups in total. The highest BCUT2D eigenvalue weighted by Crippen LogP contribution is 2.27. The molecule has 0 radical (unpaired) electrons. The lowest BCUT2D eigenvalue weighted by molar-refractivity contribution is 0.0698. The van der Waals surface area contributed by atoms with Gasteiger partial charge in [0.2, 0.25) is 0 Å². The van der Waals surface area contributed by atoms with Crippen LogP contribution >= 0.6 is 0 Å². The fourth-order valence-corrected chi connectivity index (χ4v) is 2.85. The van der Waals surface area contributed by atoms with Crippen molar-refractivity contribution in [2.75, 3.05) is 5.32 Å². The number of anilines is 2. The largest absolute Gasteiger partial charge is 0.478 e. The highest BCUT2D eigenvalue weighted by Gasteiger charge is 2.09. The molecule has 3 aromatic rings. The predicted molar refractivity (Wildman–Crippen MR) is 98.0 cm³/mol. The van der Waals surface area contributed by atoms with E-state index in [-0.39, 0.29) is 5.56 Å². The fourth-order valence-electron chi connectivity index (χ4n) is 2.85. The lowest BCUT2D eigenvalue weighted by atomic mass is 10.0. The Hall–Kier alpha value is -3.07. The van der Waals surface area contributed by atoms with Crippen molar-refractivity contribution >= 4 is 17.3 Å². The lowest BCUT2D eigenvalue weighted by Crippen LogP contribution is -2.02. The van der Waals surface area contributed by atoms with Crippen molar-refractivity contribution in [1.29, 1.82) is 0 Å². The second-order valence-corrected chi connectivity index (χ2v) is 5.93. The number of carboxylic acids is 1. The summed E-state index contributed by atoms with van der Waals surface area (Å²) >= 11 is 0. The Labute approximate surface area is 141 Å². The van der Waals surface area contributed by atoms with Crippen molar-refractivity contribution in [1.82, 2.24) is 0 Å². The Bertz CT molecular complexity index is 880. The minimum atomic E-state index is -0.941. The number of aryl methyl sites for hydroxylation is 2. The van der Waals surface area contributed by atoms with Crippen LogP contribution in [0.2, 0.25) is 0 Å². The van der Waals surface area contributed by atoms with Crippen LogP contribution in [0.5, 0.6) is 0 Å². The van der Waals surface area contributed by atoms with Gasteiger partial charge in [-0.25, -0.2) is 4.79 Å². The SMILES string of the molecule is Cc1cc(C)cc(-c2cccc(Nc3ccccc3C(=O)O)c2)c1. The molecule has 0 unspecified atom stereocenters. The minimum Gasteiger partial charge on any atom is -0.478 e. The maximum atomic E-state index is 11.3. The molecule has 0 saturated heterocycles. The molecule has 0 aliphatic heterocycles. The molecule has 0 aliphatic carbocycles. The van der Waals surface area contributed by atoms with Crippen molar-refractivity contribution in [3.63, 3.8) is 0 Å². The quantitative estimate of drug-likeness (QED) is 0.676. The molecule has 3 rings (SSSR count). The van der Waals surface area contributed by atoms with Crippen molar-refractivity contribution in [2.45, 2.75) is 13.8 Å². The minimum absolute atomic E-state index is 0.259. The van der Waals surface area contributed by atoms with E-state index in [1.54, 1.807) is 18.2 Å². The monoisotopic (exact) mass is 317 g/mol. The molecular formula is C21H19NO2. The Morgan fingerprint density at radius 3 is 2.25 bits per heavy atom. The van der Waals surface area contributed by atoms with Crippen LogP contribution in [-0.2, 0) is 0 Å². The average molecular weight is 317 g/mol. The molecule has 0 spiro atoms. The van der Waals surface area contributed by atoms with Gasteiger partial charge in [0, 0.05) is 5.69 Å². The third-order valence-corrected chi connectivity index (χ3v) is 3.85. The van der Waals surface area contributed by atoms with E-state index in [1.807, 2.05) is 24.3 Å². The third-order valence-electron chi connectivity index (χ3n) is 3.85. The van der Waals surface area contributed by atoms with Gasteiger partial charge in [-0.3, -0.25) is 0 Å². The summed E-state index contributed by atoms with van der Waals surface area (Å²) in [5.41, 5.74) is 6.40. The number of aromatic carboxylic acids is 1. The molecule has 3 heteroatoms. The molecule has 0 aliphatic rings. The van der Waals surface area contributed by atoms with Gasteiger partial charge in [0.05, 0.1) is 11.3 Å². The zero-order valence-corrected chi connectivity index (χ0v) is 13.7. The fraction of sp³-hybridized carbons (Fsp3) is 0.0952. The van der Waals surface area contributed by atoms with E-state index >= 15 is 0 Å². The van der Waals surface area contributed by atoms with Gasteiger partial charge in [0.1, 0.15) is 0 Å². The Morgan fingerprint density at radius 1 is 0.833 bits per heavy atom. The number of hydrogen-bond acceptors (Lipinski definition) is 2. The second-order valence-electron chi connectivity index (χ2n) is 5.93. The number of hydrogen-bond donors (Lipinski definition) is 2. The highest BCUT2D eigenvalue weighted by atomic mass is 16.4. The first kappa shape index (κ1) is 15.8. The summed E-state index contributed by atoms with van der Waals surface area (Å²) in [6.45, 7) is 4.17. The molecule has 3 aromatic carbocycles. The first-order chi connectivity index (χ1) is 11.5. The molecule has 0 bridgehead atoms. The van der Waals surface area contributed by atoms with E-state index in [9.17, 15) is 9.90 Å². The number of rotatable bonds is 4. The van der Waals surface area contributed by atoms with Crippen LogP contribution in [0.4, 0.5) is 11.4 Å². The molecule has 0 fully saturated rings. The van der Waals surface area contributed by atoms with Crippen molar-refractivity contribution < 1.29 is 9.90 Å². The summed E-state index contributed by atoms with van der Waals surface area (Å²) in [4.78, 5) is 11.3. The molecule has 3 nitrogen and oxygen atoms in total. The van der Waals surface area contributed by atoms with Crippen LogP contribution in [-0.4, -0.2) is 11.1 Å². The number of nitrogens with one attached hydrogen (secondary N) is 1. The molecule has 24 heavy (non-hydrogen) atoms. The topological polar surface area (TPSA) is 49.3 Å². The Morgan fingerprint density at radius 2 is 1.54 bits per heavy atom. The maximum Gasteiger partial charge on any atom is 0.337 e. The lowest BCUT2D eigenvalue weighted by Gasteiger charge is -2.11. The average Bonchev–Trinajstić information content (AvgIpc) is 2.54. The smallest absolute Gasteiger partial charge is 0.337 e. The van der Waals surface area contributed by atoms with Gasteiger partial charge in [0.25, 0.3) is 0 Å². The van der Waals surface area contributed by atoms with Gasteiger partial charge in [-0.15, -0.1) is 0 Å². The van der Waals surface area contributed by atoms with Crippen LogP contribution in [0.25, 0.3) is 11.1 Å². The second kappa shape index (κ2) is 6.59. The van der Waals surface area contributed by atoms with E-state index in [1.165, 1.54) is 11.1 Å². The summed E-state index contributed by atoms with van der Waals surface area (Å²) in [6, 6.07) is 21.4. The van der Waals surface area contributed by atoms with Gasteiger partial charge in [-0.1, -0.05) is 53.6 Å². The summed E-state index contributed by atoms with van der Waals surface area (Å²) in [7, 11) is 0. The van der Waals surface area contributed by atoms with E-state index in [0.29, 0.717) is 5.69 Å². The van der Waals surface area contributed by atoms with Crippen molar-refractivity contribution in [2.24, 2.45) is 0 Å². The molecule has 0 amide bonds.